The Morgan fingerprint density at radius 3 is 2.93 bits per heavy atom. The number of aryl methyl sites for hydroxylation is 1. The van der Waals surface area contributed by atoms with Gasteiger partial charge in [0, 0.05) is 11.1 Å². The zero-order valence-electron chi connectivity index (χ0n) is 8.14. The van der Waals surface area contributed by atoms with E-state index in [-0.39, 0.29) is 0 Å². The van der Waals surface area contributed by atoms with Crippen molar-refractivity contribution in [3.05, 3.63) is 50.9 Å². The van der Waals surface area contributed by atoms with Gasteiger partial charge in [-0.1, -0.05) is 11.6 Å². The normalized spacial score (nSPS) is 12.7. The van der Waals surface area contributed by atoms with Gasteiger partial charge in [0.05, 0.1) is 10.7 Å². The maximum atomic E-state index is 10.0. The molecule has 4 heteroatoms. The van der Waals surface area contributed by atoms with Crippen LogP contribution in [0.3, 0.4) is 0 Å². The molecule has 1 atom stereocenters. The second kappa shape index (κ2) is 4.31. The zero-order chi connectivity index (χ0) is 10.8. The summed E-state index contributed by atoms with van der Waals surface area (Å²) in [5.74, 6) is 0. The van der Waals surface area contributed by atoms with Crippen LogP contribution >= 0.6 is 22.9 Å². The van der Waals surface area contributed by atoms with E-state index < -0.39 is 6.10 Å². The Labute approximate surface area is 97.2 Å². The van der Waals surface area contributed by atoms with Crippen LogP contribution in [0.1, 0.15) is 22.2 Å². The summed E-state index contributed by atoms with van der Waals surface area (Å²) in [4.78, 5) is 5.25. The van der Waals surface area contributed by atoms with Crippen molar-refractivity contribution in [3.8, 4) is 0 Å². The number of aromatic nitrogens is 1. The smallest absolute Gasteiger partial charge is 0.123 e. The highest BCUT2D eigenvalue weighted by Gasteiger charge is 2.15. The van der Waals surface area contributed by atoms with Crippen LogP contribution in [0.2, 0.25) is 5.02 Å². The molecule has 2 aromatic rings. The third-order valence-electron chi connectivity index (χ3n) is 2.11. The molecular weight excluding hydrogens is 230 g/mol. The van der Waals surface area contributed by atoms with Crippen LogP contribution in [0.4, 0.5) is 0 Å². The monoisotopic (exact) mass is 239 g/mol. The number of aliphatic hydroxyl groups excluding tert-OH is 1. The van der Waals surface area contributed by atoms with E-state index in [2.05, 4.69) is 4.98 Å². The van der Waals surface area contributed by atoms with Crippen molar-refractivity contribution in [2.24, 2.45) is 0 Å². The van der Waals surface area contributed by atoms with E-state index in [0.717, 1.165) is 10.4 Å². The van der Waals surface area contributed by atoms with Gasteiger partial charge >= 0.3 is 0 Å². The highest BCUT2D eigenvalue weighted by Crippen LogP contribution is 2.28. The molecule has 0 aliphatic carbocycles. The molecule has 0 fully saturated rings. The van der Waals surface area contributed by atoms with Crippen LogP contribution in [0, 0.1) is 6.92 Å². The number of pyridine rings is 1. The lowest BCUT2D eigenvalue weighted by molar-refractivity contribution is 0.216. The fourth-order valence-electron chi connectivity index (χ4n) is 1.36. The molecule has 0 amide bonds. The minimum Gasteiger partial charge on any atom is -0.382 e. The molecule has 0 aliphatic rings. The molecule has 78 valence electrons. The van der Waals surface area contributed by atoms with Gasteiger partial charge in [-0.2, -0.15) is 0 Å². The number of aliphatic hydroxyl groups is 1. The van der Waals surface area contributed by atoms with E-state index in [4.69, 9.17) is 11.6 Å². The Kier molecular flexibility index (Phi) is 3.05. The molecule has 0 saturated carbocycles. The summed E-state index contributed by atoms with van der Waals surface area (Å²) in [6.07, 6.45) is 0.896. The topological polar surface area (TPSA) is 33.1 Å². The van der Waals surface area contributed by atoms with Crippen LogP contribution < -0.4 is 0 Å². The zero-order valence-corrected chi connectivity index (χ0v) is 9.72. The number of thiophene rings is 1. The van der Waals surface area contributed by atoms with Crippen LogP contribution in [0.25, 0.3) is 0 Å². The second-order valence-corrected chi connectivity index (χ2v) is 4.79. The summed E-state index contributed by atoms with van der Waals surface area (Å²) in [6.45, 7) is 2.00. The third kappa shape index (κ3) is 2.20. The Hall–Kier alpha value is -0.900. The molecule has 0 aliphatic heterocycles. The van der Waals surface area contributed by atoms with Crippen molar-refractivity contribution >= 4 is 22.9 Å². The summed E-state index contributed by atoms with van der Waals surface area (Å²) in [7, 11) is 0. The highest BCUT2D eigenvalue weighted by molar-refractivity contribution is 7.10. The van der Waals surface area contributed by atoms with E-state index in [1.165, 1.54) is 0 Å². The average Bonchev–Trinajstić information content (AvgIpc) is 2.65. The van der Waals surface area contributed by atoms with Crippen LogP contribution in [0.15, 0.2) is 29.8 Å². The summed E-state index contributed by atoms with van der Waals surface area (Å²) in [5.41, 5.74) is 1.36. The Bertz CT molecular complexity index is 469. The van der Waals surface area contributed by atoms with Gasteiger partial charge in [0.2, 0.25) is 0 Å². The molecule has 1 N–H and O–H groups in total. The first kappa shape index (κ1) is 10.6. The minimum absolute atomic E-state index is 0.494. The maximum Gasteiger partial charge on any atom is 0.123 e. The predicted octanol–water partition coefficient (Wildman–Crippen LogP) is 3.19. The summed E-state index contributed by atoms with van der Waals surface area (Å²) < 4.78 is 0. The lowest BCUT2D eigenvalue weighted by Gasteiger charge is -2.09. The average molecular weight is 240 g/mol. The Balaban J connectivity index is 2.36. The number of nitrogens with zero attached hydrogens (tertiary/aromatic N) is 1. The van der Waals surface area contributed by atoms with Gasteiger partial charge < -0.3 is 5.11 Å². The van der Waals surface area contributed by atoms with Gasteiger partial charge in [0.15, 0.2) is 0 Å². The maximum absolute atomic E-state index is 10.0. The number of hydrogen-bond acceptors (Lipinski definition) is 3. The van der Waals surface area contributed by atoms with Crippen molar-refractivity contribution in [1.82, 2.24) is 4.98 Å². The molecule has 15 heavy (non-hydrogen) atoms. The second-order valence-electron chi connectivity index (χ2n) is 3.26. The molecule has 0 saturated heterocycles. The summed E-state index contributed by atoms with van der Waals surface area (Å²) in [6, 6.07) is 5.42. The summed E-state index contributed by atoms with van der Waals surface area (Å²) in [5, 5.41) is 12.5. The molecule has 0 bridgehead atoms. The molecule has 2 heterocycles. The fourth-order valence-corrected chi connectivity index (χ4v) is 2.31. The first-order valence-corrected chi connectivity index (χ1v) is 5.78. The lowest BCUT2D eigenvalue weighted by atomic mass is 10.1. The van der Waals surface area contributed by atoms with Crippen molar-refractivity contribution in [2.75, 3.05) is 0 Å². The van der Waals surface area contributed by atoms with E-state index in [1.807, 2.05) is 18.4 Å². The van der Waals surface area contributed by atoms with Crippen molar-refractivity contribution in [1.29, 1.82) is 0 Å². The quantitative estimate of drug-likeness (QED) is 0.873. The number of hydrogen-bond donors (Lipinski definition) is 1. The van der Waals surface area contributed by atoms with Gasteiger partial charge in [0.25, 0.3) is 0 Å². The highest BCUT2D eigenvalue weighted by atomic mass is 35.5. The number of halogens is 1. The fraction of sp³-hybridized carbons (Fsp3) is 0.182. The van der Waals surface area contributed by atoms with E-state index in [0.29, 0.717) is 10.7 Å². The predicted molar refractivity (Wildman–Crippen MR) is 62.4 cm³/mol. The van der Waals surface area contributed by atoms with Gasteiger partial charge in [0.1, 0.15) is 6.10 Å². The standard InChI is InChI=1S/C11H10ClNOS/c1-7-5-8(6-15-7)11(14)10-9(12)3-2-4-13-10/h2-6,11,14H,1H3. The first-order chi connectivity index (χ1) is 7.18. The van der Waals surface area contributed by atoms with E-state index in [9.17, 15) is 5.11 Å². The summed E-state index contributed by atoms with van der Waals surface area (Å²) >= 11 is 7.56. The van der Waals surface area contributed by atoms with Gasteiger partial charge in [-0.15, -0.1) is 11.3 Å². The van der Waals surface area contributed by atoms with Crippen LogP contribution in [0.5, 0.6) is 0 Å². The molecule has 0 aromatic carbocycles. The Morgan fingerprint density at radius 2 is 2.33 bits per heavy atom. The van der Waals surface area contributed by atoms with Crippen molar-refractivity contribution in [3.63, 3.8) is 0 Å². The minimum atomic E-state index is -0.733. The molecule has 1 unspecified atom stereocenters. The van der Waals surface area contributed by atoms with Gasteiger partial charge in [-0.05, 0) is 36.1 Å². The van der Waals surface area contributed by atoms with E-state index in [1.54, 1.807) is 29.7 Å². The SMILES string of the molecule is Cc1cc(C(O)c2ncccc2Cl)cs1. The van der Waals surface area contributed by atoms with Crippen molar-refractivity contribution in [2.45, 2.75) is 13.0 Å². The first-order valence-electron chi connectivity index (χ1n) is 4.52. The van der Waals surface area contributed by atoms with Crippen molar-refractivity contribution < 1.29 is 5.11 Å². The van der Waals surface area contributed by atoms with Gasteiger partial charge in [-0.25, -0.2) is 0 Å². The van der Waals surface area contributed by atoms with Crippen LogP contribution in [-0.4, -0.2) is 10.1 Å². The number of rotatable bonds is 2. The molecule has 2 aromatic heterocycles. The molecule has 0 spiro atoms. The lowest BCUT2D eigenvalue weighted by Crippen LogP contribution is -2.01. The van der Waals surface area contributed by atoms with E-state index >= 15 is 0 Å². The third-order valence-corrected chi connectivity index (χ3v) is 3.31. The largest absolute Gasteiger partial charge is 0.382 e. The molecule has 2 nitrogen and oxygen atoms in total. The Morgan fingerprint density at radius 1 is 1.53 bits per heavy atom. The molecule has 0 radical (unpaired) electrons. The van der Waals surface area contributed by atoms with Gasteiger partial charge in [-0.3, -0.25) is 4.98 Å². The molecule has 2 rings (SSSR count). The molecular formula is C11H10ClNOS. The van der Waals surface area contributed by atoms with Crippen LogP contribution in [-0.2, 0) is 0 Å².